The second kappa shape index (κ2) is 5.37. The third kappa shape index (κ3) is 2.77. The van der Waals surface area contributed by atoms with E-state index in [-0.39, 0.29) is 10.4 Å². The van der Waals surface area contributed by atoms with Gasteiger partial charge in [-0.2, -0.15) is 0 Å². The summed E-state index contributed by atoms with van der Waals surface area (Å²) in [6.07, 6.45) is 0. The molecule has 106 valence electrons. The summed E-state index contributed by atoms with van der Waals surface area (Å²) in [5.41, 5.74) is 1.54. The molecule has 0 radical (unpaired) electrons. The first-order chi connectivity index (χ1) is 10.1. The predicted octanol–water partition coefficient (Wildman–Crippen LogP) is 2.29. The minimum absolute atomic E-state index is 0.121. The van der Waals surface area contributed by atoms with Crippen molar-refractivity contribution in [3.8, 4) is 0 Å². The number of aromatic amines is 1. The summed E-state index contributed by atoms with van der Waals surface area (Å²) in [6.45, 7) is 0.378. The average Bonchev–Trinajstić information content (AvgIpc) is 2.89. The molecule has 0 aliphatic heterocycles. The van der Waals surface area contributed by atoms with Gasteiger partial charge in [-0.3, -0.25) is 4.79 Å². The van der Waals surface area contributed by atoms with Crippen LogP contribution in [0.25, 0.3) is 10.9 Å². The summed E-state index contributed by atoms with van der Waals surface area (Å²) in [5.74, 6) is -0.543. The lowest BCUT2D eigenvalue weighted by molar-refractivity contribution is 0.0699. The van der Waals surface area contributed by atoms with Gasteiger partial charge >= 0.3 is 10.8 Å². The number of aromatic carboxylic acids is 1. The number of para-hydroxylation sites is 1. The molecule has 3 rings (SSSR count). The first-order valence-corrected chi connectivity index (χ1v) is 7.05. The van der Waals surface area contributed by atoms with Crippen LogP contribution >= 0.6 is 11.3 Å². The van der Waals surface area contributed by atoms with E-state index in [2.05, 4.69) is 15.3 Å². The van der Waals surface area contributed by atoms with E-state index in [4.69, 9.17) is 0 Å². The maximum absolute atomic E-state index is 11.3. The molecule has 0 spiro atoms. The van der Waals surface area contributed by atoms with Crippen molar-refractivity contribution < 1.29 is 9.90 Å². The van der Waals surface area contributed by atoms with E-state index in [1.165, 1.54) is 6.07 Å². The topological polar surface area (TPSA) is 95.1 Å². The standard InChI is InChI=1S/C14H11N3O3S/c18-13(19)10-5-12(15-6-8-7-21-14(20)16-8)17-11-4-2-1-3-9(10)11/h1-5,7H,6H2,(H,15,17)(H,16,20)(H,18,19). The summed E-state index contributed by atoms with van der Waals surface area (Å²) in [4.78, 5) is 29.3. The van der Waals surface area contributed by atoms with Crippen molar-refractivity contribution >= 4 is 34.0 Å². The lowest BCUT2D eigenvalue weighted by Gasteiger charge is -2.08. The Morgan fingerprint density at radius 1 is 1.38 bits per heavy atom. The third-order valence-corrected chi connectivity index (χ3v) is 3.70. The summed E-state index contributed by atoms with van der Waals surface area (Å²) in [7, 11) is 0. The number of benzene rings is 1. The van der Waals surface area contributed by atoms with Gasteiger partial charge in [-0.05, 0) is 12.1 Å². The van der Waals surface area contributed by atoms with Gasteiger partial charge in [0.2, 0.25) is 0 Å². The van der Waals surface area contributed by atoms with E-state index in [9.17, 15) is 14.7 Å². The number of H-pyrrole nitrogens is 1. The van der Waals surface area contributed by atoms with Crippen LogP contribution < -0.4 is 10.2 Å². The van der Waals surface area contributed by atoms with Crippen LogP contribution in [0, 0.1) is 0 Å². The second-order valence-corrected chi connectivity index (χ2v) is 5.25. The number of carboxylic acids is 1. The maximum Gasteiger partial charge on any atom is 0.336 e. The van der Waals surface area contributed by atoms with Crippen LogP contribution in [0.15, 0.2) is 40.5 Å². The number of aromatic nitrogens is 2. The fourth-order valence-corrected chi connectivity index (χ4v) is 2.61. The molecule has 0 amide bonds. The minimum Gasteiger partial charge on any atom is -0.478 e. The SMILES string of the molecule is O=C(O)c1cc(NCc2csc(=O)[nH]2)nc2ccccc12. The number of carbonyl (C=O) groups is 1. The van der Waals surface area contributed by atoms with Crippen molar-refractivity contribution in [2.45, 2.75) is 6.54 Å². The summed E-state index contributed by atoms with van der Waals surface area (Å²) < 4.78 is 0. The predicted molar refractivity (Wildman–Crippen MR) is 81.0 cm³/mol. The van der Waals surface area contributed by atoms with Crippen molar-refractivity contribution in [2.75, 3.05) is 5.32 Å². The molecule has 7 heteroatoms. The number of nitrogens with one attached hydrogen (secondary N) is 2. The molecule has 6 nitrogen and oxygen atoms in total. The highest BCUT2D eigenvalue weighted by molar-refractivity contribution is 7.07. The number of hydrogen-bond donors (Lipinski definition) is 3. The molecule has 2 heterocycles. The molecule has 1 aromatic carbocycles. The minimum atomic E-state index is -0.999. The highest BCUT2D eigenvalue weighted by Gasteiger charge is 2.11. The smallest absolute Gasteiger partial charge is 0.336 e. The Morgan fingerprint density at radius 2 is 2.19 bits per heavy atom. The number of anilines is 1. The fourth-order valence-electron chi connectivity index (χ4n) is 2.03. The van der Waals surface area contributed by atoms with Crippen LogP contribution in [0.2, 0.25) is 0 Å². The molecule has 2 aromatic heterocycles. The zero-order valence-corrected chi connectivity index (χ0v) is 11.6. The highest BCUT2D eigenvalue weighted by atomic mass is 32.1. The Kier molecular flexibility index (Phi) is 3.41. The van der Waals surface area contributed by atoms with Gasteiger partial charge in [-0.15, -0.1) is 0 Å². The third-order valence-electron chi connectivity index (χ3n) is 2.98. The molecule has 0 unspecified atom stereocenters. The zero-order valence-electron chi connectivity index (χ0n) is 10.8. The van der Waals surface area contributed by atoms with Gasteiger partial charge in [0.1, 0.15) is 5.82 Å². The van der Waals surface area contributed by atoms with E-state index < -0.39 is 5.97 Å². The molecule has 3 aromatic rings. The van der Waals surface area contributed by atoms with Gasteiger partial charge in [0.05, 0.1) is 17.6 Å². The van der Waals surface area contributed by atoms with E-state index in [0.29, 0.717) is 23.3 Å². The number of rotatable bonds is 4. The van der Waals surface area contributed by atoms with Gasteiger partial charge < -0.3 is 15.4 Å². The van der Waals surface area contributed by atoms with Crippen molar-refractivity contribution in [3.63, 3.8) is 0 Å². The average molecular weight is 301 g/mol. The van der Waals surface area contributed by atoms with Crippen molar-refractivity contribution in [1.29, 1.82) is 0 Å². The second-order valence-electron chi connectivity index (χ2n) is 4.40. The number of pyridine rings is 1. The Bertz CT molecular complexity index is 869. The van der Waals surface area contributed by atoms with Crippen molar-refractivity contribution in [1.82, 2.24) is 9.97 Å². The molecule has 3 N–H and O–H groups in total. The number of thiazole rings is 1. The summed E-state index contributed by atoms with van der Waals surface area (Å²) in [6, 6.07) is 8.57. The first kappa shape index (κ1) is 13.3. The number of nitrogens with zero attached hydrogens (tertiary/aromatic N) is 1. The summed E-state index contributed by atoms with van der Waals surface area (Å²) in [5, 5.41) is 14.6. The van der Waals surface area contributed by atoms with Gasteiger partial charge in [0.25, 0.3) is 0 Å². The van der Waals surface area contributed by atoms with Gasteiger partial charge in [0, 0.05) is 16.5 Å². The lowest BCUT2D eigenvalue weighted by atomic mass is 10.1. The lowest BCUT2D eigenvalue weighted by Crippen LogP contribution is -2.06. The van der Waals surface area contributed by atoms with Crippen molar-refractivity contribution in [2.24, 2.45) is 0 Å². The van der Waals surface area contributed by atoms with Crippen LogP contribution in [0.3, 0.4) is 0 Å². The van der Waals surface area contributed by atoms with Gasteiger partial charge in [-0.1, -0.05) is 29.5 Å². The molecule has 0 fully saturated rings. The molecule has 0 bridgehead atoms. The van der Waals surface area contributed by atoms with Crippen LogP contribution in [-0.4, -0.2) is 21.0 Å². The number of carboxylic acid groups (broad SMARTS) is 1. The maximum atomic E-state index is 11.3. The molecule has 21 heavy (non-hydrogen) atoms. The Morgan fingerprint density at radius 3 is 2.90 bits per heavy atom. The Labute approximate surface area is 123 Å². The van der Waals surface area contributed by atoms with E-state index in [1.807, 2.05) is 0 Å². The van der Waals surface area contributed by atoms with E-state index >= 15 is 0 Å². The number of fused-ring (bicyclic) bond motifs is 1. The normalized spacial score (nSPS) is 10.7. The Balaban J connectivity index is 1.95. The van der Waals surface area contributed by atoms with E-state index in [1.54, 1.807) is 29.6 Å². The number of hydrogen-bond acceptors (Lipinski definition) is 5. The van der Waals surface area contributed by atoms with Crippen LogP contribution in [0.5, 0.6) is 0 Å². The molecule has 0 atom stereocenters. The quantitative estimate of drug-likeness (QED) is 0.687. The van der Waals surface area contributed by atoms with Crippen LogP contribution in [0.4, 0.5) is 5.82 Å². The molecular weight excluding hydrogens is 290 g/mol. The Hall–Kier alpha value is -2.67. The molecule has 0 aliphatic carbocycles. The van der Waals surface area contributed by atoms with Crippen LogP contribution in [-0.2, 0) is 6.54 Å². The fraction of sp³-hybridized carbons (Fsp3) is 0.0714. The largest absolute Gasteiger partial charge is 0.478 e. The zero-order chi connectivity index (χ0) is 14.8. The first-order valence-electron chi connectivity index (χ1n) is 6.17. The highest BCUT2D eigenvalue weighted by Crippen LogP contribution is 2.21. The monoisotopic (exact) mass is 301 g/mol. The van der Waals surface area contributed by atoms with Gasteiger partial charge in [-0.25, -0.2) is 9.78 Å². The van der Waals surface area contributed by atoms with E-state index in [0.717, 1.165) is 17.0 Å². The molecule has 0 aliphatic rings. The van der Waals surface area contributed by atoms with Crippen LogP contribution in [0.1, 0.15) is 16.1 Å². The van der Waals surface area contributed by atoms with Gasteiger partial charge in [0.15, 0.2) is 0 Å². The van der Waals surface area contributed by atoms with Crippen molar-refractivity contribution in [3.05, 3.63) is 56.6 Å². The summed E-state index contributed by atoms with van der Waals surface area (Å²) >= 11 is 1.08. The molecule has 0 saturated carbocycles. The molecular formula is C14H11N3O3S. The molecule has 0 saturated heterocycles.